The number of rotatable bonds is 6. The predicted octanol–water partition coefficient (Wildman–Crippen LogP) is 1.80. The Morgan fingerprint density at radius 3 is 2.63 bits per heavy atom. The van der Waals surface area contributed by atoms with E-state index in [2.05, 4.69) is 5.32 Å². The minimum atomic E-state index is -0.882. The van der Waals surface area contributed by atoms with Gasteiger partial charge in [0.1, 0.15) is 11.4 Å². The van der Waals surface area contributed by atoms with Gasteiger partial charge in [0.2, 0.25) is 0 Å². The molecule has 0 amide bonds. The van der Waals surface area contributed by atoms with E-state index < -0.39 is 5.54 Å². The average Bonchev–Trinajstić information content (AvgIpc) is 2.39. The number of para-hydroxylation sites is 1. The van der Waals surface area contributed by atoms with Crippen molar-refractivity contribution in [1.29, 1.82) is 0 Å². The fourth-order valence-electron chi connectivity index (χ4n) is 1.86. The maximum atomic E-state index is 13.7. The first-order valence-corrected chi connectivity index (χ1v) is 6.26. The molecule has 0 aromatic heterocycles. The lowest BCUT2D eigenvalue weighted by atomic mass is 10.0. The lowest BCUT2D eigenvalue weighted by Crippen LogP contribution is -2.56. The Morgan fingerprint density at radius 1 is 1.47 bits per heavy atom. The molecule has 0 aliphatic rings. The zero-order chi connectivity index (χ0) is 14.5. The monoisotopic (exact) mass is 268 g/mol. The summed E-state index contributed by atoms with van der Waals surface area (Å²) in [6, 6.07) is 6.47. The number of halogens is 1. The zero-order valence-electron chi connectivity index (χ0n) is 11.9. The van der Waals surface area contributed by atoms with Crippen molar-refractivity contribution in [2.75, 3.05) is 32.1 Å². The van der Waals surface area contributed by atoms with E-state index in [-0.39, 0.29) is 11.8 Å². The van der Waals surface area contributed by atoms with E-state index in [1.165, 1.54) is 6.07 Å². The standard InChI is InChI=1S/C14H21FN2O2/c1-5-19-13(18)14(2,16-3)10-17(4)12-9-7-6-8-11(12)15/h6-9,16H,5,10H2,1-4H3. The molecule has 0 radical (unpaired) electrons. The topological polar surface area (TPSA) is 41.6 Å². The SMILES string of the molecule is CCOC(=O)C(C)(CN(C)c1ccccc1F)NC. The molecular weight excluding hydrogens is 247 g/mol. The van der Waals surface area contributed by atoms with E-state index in [4.69, 9.17) is 4.74 Å². The van der Waals surface area contributed by atoms with Gasteiger partial charge in [-0.3, -0.25) is 0 Å². The van der Waals surface area contributed by atoms with Crippen molar-refractivity contribution >= 4 is 11.7 Å². The fraction of sp³-hybridized carbons (Fsp3) is 0.500. The van der Waals surface area contributed by atoms with Crippen molar-refractivity contribution in [1.82, 2.24) is 5.32 Å². The van der Waals surface area contributed by atoms with E-state index >= 15 is 0 Å². The van der Waals surface area contributed by atoms with E-state index in [1.54, 1.807) is 51.0 Å². The van der Waals surface area contributed by atoms with E-state index in [1.807, 2.05) is 0 Å². The molecule has 1 atom stereocenters. The van der Waals surface area contributed by atoms with Crippen molar-refractivity contribution in [3.05, 3.63) is 30.1 Å². The van der Waals surface area contributed by atoms with Crippen molar-refractivity contribution in [3.63, 3.8) is 0 Å². The molecular formula is C14H21FN2O2. The van der Waals surface area contributed by atoms with Crippen LogP contribution in [0.3, 0.4) is 0 Å². The molecule has 1 unspecified atom stereocenters. The third-order valence-electron chi connectivity index (χ3n) is 3.09. The number of ether oxygens (including phenoxy) is 1. The molecule has 5 heteroatoms. The summed E-state index contributed by atoms with van der Waals surface area (Å²) in [5, 5.41) is 2.94. The van der Waals surface area contributed by atoms with Crippen LogP contribution in [0, 0.1) is 5.82 Å². The first-order chi connectivity index (χ1) is 8.94. The first kappa shape index (κ1) is 15.4. The molecule has 4 nitrogen and oxygen atoms in total. The maximum Gasteiger partial charge on any atom is 0.327 e. The number of nitrogens with one attached hydrogen (secondary N) is 1. The van der Waals surface area contributed by atoms with Gasteiger partial charge in [-0.25, -0.2) is 9.18 Å². The number of esters is 1. The summed E-state index contributed by atoms with van der Waals surface area (Å²) in [4.78, 5) is 13.6. The summed E-state index contributed by atoms with van der Waals surface area (Å²) in [7, 11) is 3.43. The van der Waals surface area contributed by atoms with Crippen LogP contribution in [0.1, 0.15) is 13.8 Å². The molecule has 1 rings (SSSR count). The molecule has 1 N–H and O–H groups in total. The lowest BCUT2D eigenvalue weighted by molar-refractivity contribution is -0.149. The molecule has 106 valence electrons. The highest BCUT2D eigenvalue weighted by Crippen LogP contribution is 2.19. The largest absolute Gasteiger partial charge is 0.465 e. The minimum Gasteiger partial charge on any atom is -0.465 e. The number of anilines is 1. The van der Waals surface area contributed by atoms with Crippen LogP contribution < -0.4 is 10.2 Å². The molecule has 0 saturated carbocycles. The zero-order valence-corrected chi connectivity index (χ0v) is 11.9. The molecule has 19 heavy (non-hydrogen) atoms. The van der Waals surface area contributed by atoms with Gasteiger partial charge in [-0.15, -0.1) is 0 Å². The molecule has 0 aliphatic heterocycles. The number of carbonyl (C=O) groups is 1. The van der Waals surface area contributed by atoms with Crippen LogP contribution in [0.2, 0.25) is 0 Å². The Bertz CT molecular complexity index is 439. The van der Waals surface area contributed by atoms with Crippen molar-refractivity contribution in [3.8, 4) is 0 Å². The number of carbonyl (C=O) groups excluding carboxylic acids is 1. The normalized spacial score (nSPS) is 13.7. The van der Waals surface area contributed by atoms with Gasteiger partial charge in [-0.05, 0) is 33.0 Å². The van der Waals surface area contributed by atoms with Crippen LogP contribution >= 0.6 is 0 Å². The molecule has 0 saturated heterocycles. The number of benzene rings is 1. The van der Waals surface area contributed by atoms with Crippen LogP contribution in [0.5, 0.6) is 0 Å². The van der Waals surface area contributed by atoms with E-state index in [9.17, 15) is 9.18 Å². The number of likely N-dealkylation sites (N-methyl/N-ethyl adjacent to an activating group) is 2. The second kappa shape index (κ2) is 6.52. The maximum absolute atomic E-state index is 13.7. The van der Waals surface area contributed by atoms with Gasteiger partial charge in [0.05, 0.1) is 12.3 Å². The van der Waals surface area contributed by atoms with Gasteiger partial charge < -0.3 is 15.0 Å². The third-order valence-corrected chi connectivity index (χ3v) is 3.09. The van der Waals surface area contributed by atoms with Crippen molar-refractivity contribution in [2.24, 2.45) is 0 Å². The fourth-order valence-corrected chi connectivity index (χ4v) is 1.86. The average molecular weight is 268 g/mol. The summed E-state index contributed by atoms with van der Waals surface area (Å²) >= 11 is 0. The lowest BCUT2D eigenvalue weighted by Gasteiger charge is -2.32. The second-order valence-electron chi connectivity index (χ2n) is 4.61. The van der Waals surface area contributed by atoms with Crippen LogP contribution in [0.15, 0.2) is 24.3 Å². The summed E-state index contributed by atoms with van der Waals surface area (Å²) in [6.07, 6.45) is 0. The van der Waals surface area contributed by atoms with Gasteiger partial charge in [0, 0.05) is 13.6 Å². The van der Waals surface area contributed by atoms with Crippen LogP contribution in [0.25, 0.3) is 0 Å². The molecule has 0 heterocycles. The smallest absolute Gasteiger partial charge is 0.327 e. The van der Waals surface area contributed by atoms with Gasteiger partial charge in [-0.2, -0.15) is 0 Å². The Morgan fingerprint density at radius 2 is 2.11 bits per heavy atom. The Labute approximate surface area is 113 Å². The number of nitrogens with zero attached hydrogens (tertiary/aromatic N) is 1. The van der Waals surface area contributed by atoms with Gasteiger partial charge >= 0.3 is 5.97 Å². The Balaban J connectivity index is 2.87. The Hall–Kier alpha value is -1.62. The molecule has 0 fully saturated rings. The quantitative estimate of drug-likeness (QED) is 0.799. The predicted molar refractivity (Wildman–Crippen MR) is 73.8 cm³/mol. The first-order valence-electron chi connectivity index (χ1n) is 6.26. The number of hydrogen-bond acceptors (Lipinski definition) is 4. The highest BCUT2D eigenvalue weighted by atomic mass is 19.1. The highest BCUT2D eigenvalue weighted by molar-refractivity contribution is 5.81. The van der Waals surface area contributed by atoms with Crippen molar-refractivity contribution in [2.45, 2.75) is 19.4 Å². The summed E-state index contributed by atoms with van der Waals surface area (Å²) < 4.78 is 18.7. The Kier molecular flexibility index (Phi) is 5.30. The summed E-state index contributed by atoms with van der Waals surface area (Å²) in [5.41, 5.74) is -0.430. The minimum absolute atomic E-state index is 0.309. The second-order valence-corrected chi connectivity index (χ2v) is 4.61. The van der Waals surface area contributed by atoms with E-state index in [0.717, 1.165) is 0 Å². The number of hydrogen-bond donors (Lipinski definition) is 1. The summed E-state index contributed by atoms with van der Waals surface area (Å²) in [5.74, 6) is -0.659. The van der Waals surface area contributed by atoms with E-state index in [0.29, 0.717) is 18.8 Å². The van der Waals surface area contributed by atoms with Gasteiger partial charge in [0.25, 0.3) is 0 Å². The summed E-state index contributed by atoms with van der Waals surface area (Å²) in [6.45, 7) is 4.12. The third kappa shape index (κ3) is 3.67. The molecule has 0 aliphatic carbocycles. The molecule has 0 bridgehead atoms. The highest BCUT2D eigenvalue weighted by Gasteiger charge is 2.34. The van der Waals surface area contributed by atoms with Crippen molar-refractivity contribution < 1.29 is 13.9 Å². The van der Waals surface area contributed by atoms with Crippen LogP contribution in [-0.2, 0) is 9.53 Å². The van der Waals surface area contributed by atoms with Gasteiger partial charge in [0.15, 0.2) is 0 Å². The van der Waals surface area contributed by atoms with Crippen LogP contribution in [-0.4, -0.2) is 38.8 Å². The van der Waals surface area contributed by atoms with Crippen LogP contribution in [0.4, 0.5) is 10.1 Å². The molecule has 1 aromatic rings. The molecule has 1 aromatic carbocycles. The molecule has 0 spiro atoms. The van der Waals surface area contributed by atoms with Gasteiger partial charge in [-0.1, -0.05) is 12.1 Å².